The SMILES string of the molecule is COC(=O)CCc1c(C)nn(-c2ccc(C(=O)Nc3ccc(Cl)cc3Cl)cc2)c1C. The van der Waals surface area contributed by atoms with E-state index in [0.29, 0.717) is 34.1 Å². The Morgan fingerprint density at radius 2 is 1.80 bits per heavy atom. The highest BCUT2D eigenvalue weighted by molar-refractivity contribution is 6.36. The zero-order chi connectivity index (χ0) is 21.8. The van der Waals surface area contributed by atoms with Gasteiger partial charge in [0.05, 0.1) is 29.2 Å². The molecule has 0 atom stereocenters. The lowest BCUT2D eigenvalue weighted by molar-refractivity contribution is -0.140. The van der Waals surface area contributed by atoms with Gasteiger partial charge in [0.15, 0.2) is 0 Å². The number of hydrogen-bond acceptors (Lipinski definition) is 4. The summed E-state index contributed by atoms with van der Waals surface area (Å²) in [4.78, 5) is 24.0. The molecule has 0 aliphatic heterocycles. The average molecular weight is 446 g/mol. The maximum absolute atomic E-state index is 12.5. The second kappa shape index (κ2) is 9.32. The van der Waals surface area contributed by atoms with Crippen molar-refractivity contribution in [3.05, 3.63) is 75.0 Å². The minimum atomic E-state index is -0.280. The first-order valence-electron chi connectivity index (χ1n) is 9.29. The zero-order valence-corrected chi connectivity index (χ0v) is 18.3. The first kappa shape index (κ1) is 21.9. The number of esters is 1. The Bertz CT molecular complexity index is 1090. The summed E-state index contributed by atoms with van der Waals surface area (Å²) >= 11 is 12.0. The lowest BCUT2D eigenvalue weighted by Crippen LogP contribution is -2.12. The van der Waals surface area contributed by atoms with Crippen molar-refractivity contribution < 1.29 is 14.3 Å². The van der Waals surface area contributed by atoms with Crippen molar-refractivity contribution in [1.82, 2.24) is 9.78 Å². The normalized spacial score (nSPS) is 10.7. The lowest BCUT2D eigenvalue weighted by Gasteiger charge is -2.09. The summed E-state index contributed by atoms with van der Waals surface area (Å²) in [6.07, 6.45) is 0.864. The Balaban J connectivity index is 1.77. The van der Waals surface area contributed by atoms with E-state index in [-0.39, 0.29) is 11.9 Å². The fourth-order valence-corrected chi connectivity index (χ4v) is 3.61. The molecule has 2 aromatic carbocycles. The van der Waals surface area contributed by atoms with Gasteiger partial charge in [-0.2, -0.15) is 5.10 Å². The number of anilines is 1. The minimum Gasteiger partial charge on any atom is -0.469 e. The van der Waals surface area contributed by atoms with E-state index >= 15 is 0 Å². The standard InChI is InChI=1S/C22H21Cl2N3O3/c1-13-18(9-11-21(28)30-3)14(2)27(26-13)17-7-4-15(5-8-17)22(29)25-20-10-6-16(23)12-19(20)24/h4-8,10,12H,9,11H2,1-3H3,(H,25,29). The highest BCUT2D eigenvalue weighted by Gasteiger charge is 2.15. The molecule has 0 aliphatic carbocycles. The number of amides is 1. The maximum atomic E-state index is 12.5. The largest absolute Gasteiger partial charge is 0.469 e. The van der Waals surface area contributed by atoms with Crippen molar-refractivity contribution in [1.29, 1.82) is 0 Å². The molecule has 30 heavy (non-hydrogen) atoms. The smallest absolute Gasteiger partial charge is 0.305 e. The van der Waals surface area contributed by atoms with E-state index in [1.54, 1.807) is 35.0 Å². The van der Waals surface area contributed by atoms with Gasteiger partial charge in [-0.1, -0.05) is 23.2 Å². The molecule has 0 unspecified atom stereocenters. The third-order valence-electron chi connectivity index (χ3n) is 4.80. The predicted octanol–water partition coefficient (Wildman–Crippen LogP) is 5.15. The first-order valence-corrected chi connectivity index (χ1v) is 10.0. The van der Waals surface area contributed by atoms with Crippen molar-refractivity contribution in [3.8, 4) is 5.69 Å². The van der Waals surface area contributed by atoms with Crippen LogP contribution in [0, 0.1) is 13.8 Å². The van der Waals surface area contributed by atoms with Gasteiger partial charge in [-0.3, -0.25) is 9.59 Å². The molecule has 3 aromatic rings. The van der Waals surface area contributed by atoms with E-state index < -0.39 is 0 Å². The topological polar surface area (TPSA) is 73.2 Å². The van der Waals surface area contributed by atoms with Gasteiger partial charge < -0.3 is 10.1 Å². The lowest BCUT2D eigenvalue weighted by atomic mass is 10.1. The van der Waals surface area contributed by atoms with Crippen LogP contribution in [0.5, 0.6) is 0 Å². The van der Waals surface area contributed by atoms with Crippen LogP contribution in [0.3, 0.4) is 0 Å². The summed E-state index contributed by atoms with van der Waals surface area (Å²) in [7, 11) is 1.38. The second-order valence-corrected chi connectivity index (χ2v) is 7.61. The number of ether oxygens (including phenoxy) is 1. The Hall–Kier alpha value is -2.83. The number of aromatic nitrogens is 2. The zero-order valence-electron chi connectivity index (χ0n) is 16.8. The molecular weight excluding hydrogens is 425 g/mol. The Morgan fingerprint density at radius 1 is 1.10 bits per heavy atom. The number of methoxy groups -OCH3 is 1. The molecule has 156 valence electrons. The molecule has 0 bridgehead atoms. The van der Waals surface area contributed by atoms with Gasteiger partial charge in [0.2, 0.25) is 0 Å². The van der Waals surface area contributed by atoms with Crippen LogP contribution in [0.25, 0.3) is 5.69 Å². The van der Waals surface area contributed by atoms with Gasteiger partial charge in [0, 0.05) is 22.7 Å². The molecule has 0 aliphatic rings. The average Bonchev–Trinajstić information content (AvgIpc) is 3.01. The minimum absolute atomic E-state index is 0.252. The van der Waals surface area contributed by atoms with Crippen molar-refractivity contribution >= 4 is 40.8 Å². The van der Waals surface area contributed by atoms with E-state index in [9.17, 15) is 9.59 Å². The molecule has 0 radical (unpaired) electrons. The van der Waals surface area contributed by atoms with Crippen molar-refractivity contribution in [2.24, 2.45) is 0 Å². The third kappa shape index (κ3) is 4.83. The number of carbonyl (C=O) groups excluding carboxylic acids is 2. The molecule has 1 N–H and O–H groups in total. The molecule has 0 saturated heterocycles. The predicted molar refractivity (Wildman–Crippen MR) is 118 cm³/mol. The fraction of sp³-hybridized carbons (Fsp3) is 0.227. The van der Waals surface area contributed by atoms with Crippen molar-refractivity contribution in [3.63, 3.8) is 0 Å². The van der Waals surface area contributed by atoms with Gasteiger partial charge in [-0.15, -0.1) is 0 Å². The summed E-state index contributed by atoms with van der Waals surface area (Å²) in [5.41, 5.74) is 4.61. The Kier molecular flexibility index (Phi) is 6.80. The molecule has 1 heterocycles. The van der Waals surface area contributed by atoms with Gasteiger partial charge in [-0.25, -0.2) is 4.68 Å². The van der Waals surface area contributed by atoms with Gasteiger partial charge in [-0.05, 0) is 68.3 Å². The molecule has 0 saturated carbocycles. The summed E-state index contributed by atoms with van der Waals surface area (Å²) < 4.78 is 6.52. The fourth-order valence-electron chi connectivity index (χ4n) is 3.16. The highest BCUT2D eigenvalue weighted by atomic mass is 35.5. The molecule has 6 nitrogen and oxygen atoms in total. The highest BCUT2D eigenvalue weighted by Crippen LogP contribution is 2.26. The summed E-state index contributed by atoms with van der Waals surface area (Å²) in [6.45, 7) is 3.86. The number of nitrogens with zero attached hydrogens (tertiary/aromatic N) is 2. The van der Waals surface area contributed by atoms with Crippen LogP contribution in [-0.2, 0) is 16.0 Å². The van der Waals surface area contributed by atoms with Gasteiger partial charge >= 0.3 is 5.97 Å². The number of halogens is 2. The maximum Gasteiger partial charge on any atom is 0.305 e. The summed E-state index contributed by atoms with van der Waals surface area (Å²) in [5.74, 6) is -0.532. The molecule has 1 aromatic heterocycles. The van der Waals surface area contributed by atoms with Crippen LogP contribution >= 0.6 is 23.2 Å². The summed E-state index contributed by atoms with van der Waals surface area (Å²) in [6, 6.07) is 12.0. The Labute approximate surface area is 184 Å². The third-order valence-corrected chi connectivity index (χ3v) is 5.35. The number of hydrogen-bond donors (Lipinski definition) is 1. The molecule has 1 amide bonds. The summed E-state index contributed by atoms with van der Waals surface area (Å²) in [5, 5.41) is 8.22. The quantitative estimate of drug-likeness (QED) is 0.532. The van der Waals surface area contributed by atoms with Crippen molar-refractivity contribution in [2.45, 2.75) is 26.7 Å². The van der Waals surface area contributed by atoms with E-state index in [4.69, 9.17) is 27.9 Å². The van der Waals surface area contributed by atoms with Crippen LogP contribution in [0.15, 0.2) is 42.5 Å². The number of aryl methyl sites for hydroxylation is 1. The number of carbonyl (C=O) groups is 2. The Morgan fingerprint density at radius 3 is 2.43 bits per heavy atom. The van der Waals surface area contributed by atoms with Crippen LogP contribution < -0.4 is 5.32 Å². The van der Waals surface area contributed by atoms with Crippen molar-refractivity contribution in [2.75, 3.05) is 12.4 Å². The number of rotatable bonds is 6. The van der Waals surface area contributed by atoms with E-state index in [1.165, 1.54) is 7.11 Å². The second-order valence-electron chi connectivity index (χ2n) is 6.76. The molecule has 0 spiro atoms. The number of nitrogens with one attached hydrogen (secondary N) is 1. The first-order chi connectivity index (χ1) is 14.3. The van der Waals surface area contributed by atoms with Gasteiger partial charge in [0.25, 0.3) is 5.91 Å². The molecule has 3 rings (SSSR count). The van der Waals surface area contributed by atoms with Gasteiger partial charge in [0.1, 0.15) is 0 Å². The molecular formula is C22H21Cl2N3O3. The van der Waals surface area contributed by atoms with Crippen LogP contribution in [-0.4, -0.2) is 28.8 Å². The van der Waals surface area contributed by atoms with E-state index in [1.807, 2.05) is 26.0 Å². The van der Waals surface area contributed by atoms with Crippen LogP contribution in [0.1, 0.15) is 33.7 Å². The monoisotopic (exact) mass is 445 g/mol. The molecule has 8 heteroatoms. The molecule has 0 fully saturated rings. The number of benzene rings is 2. The van der Waals surface area contributed by atoms with Crippen LogP contribution in [0.2, 0.25) is 10.0 Å². The van der Waals surface area contributed by atoms with Crippen LogP contribution in [0.4, 0.5) is 5.69 Å². The van der Waals surface area contributed by atoms with E-state index in [0.717, 1.165) is 22.6 Å². The van der Waals surface area contributed by atoms with E-state index in [2.05, 4.69) is 10.4 Å².